The van der Waals surface area contributed by atoms with Crippen LogP contribution in [0.15, 0.2) is 59.5 Å². The zero-order chi connectivity index (χ0) is 20.9. The highest BCUT2D eigenvalue weighted by Gasteiger charge is 2.26. The minimum Gasteiger partial charge on any atom is -0.481 e. The molecule has 0 aliphatic carbocycles. The van der Waals surface area contributed by atoms with Gasteiger partial charge in [0.2, 0.25) is 0 Å². The first-order valence-electron chi connectivity index (χ1n) is 11.1. The number of allylic oxidation sites excluding steroid dienone is 1. The van der Waals surface area contributed by atoms with E-state index < -0.39 is 5.97 Å². The molecule has 30 heavy (non-hydrogen) atoms. The molecule has 1 fully saturated rings. The fourth-order valence-corrected chi connectivity index (χ4v) is 5.84. The molecule has 2 aromatic carbocycles. The quantitative estimate of drug-likeness (QED) is 0.658. The van der Waals surface area contributed by atoms with Crippen molar-refractivity contribution < 1.29 is 9.90 Å². The minimum atomic E-state index is -0.646. The molecule has 2 aliphatic rings. The van der Waals surface area contributed by atoms with E-state index in [0.29, 0.717) is 12.5 Å². The Hall–Kier alpha value is -2.04. The fraction of sp³-hybridized carbons (Fsp3) is 0.423. The lowest BCUT2D eigenvalue weighted by Crippen LogP contribution is -2.39. The van der Waals surface area contributed by atoms with Crippen LogP contribution in [0.3, 0.4) is 0 Å². The van der Waals surface area contributed by atoms with Gasteiger partial charge in [0.25, 0.3) is 0 Å². The summed E-state index contributed by atoms with van der Waals surface area (Å²) in [7, 11) is 0. The Morgan fingerprint density at radius 3 is 2.83 bits per heavy atom. The maximum absolute atomic E-state index is 11.4. The van der Waals surface area contributed by atoms with E-state index >= 15 is 0 Å². The summed E-state index contributed by atoms with van der Waals surface area (Å²) in [6.07, 6.45) is 6.33. The van der Waals surface area contributed by atoms with Crippen LogP contribution < -0.4 is 0 Å². The lowest BCUT2D eigenvalue weighted by atomic mass is 9.84. The Morgan fingerprint density at radius 1 is 1.20 bits per heavy atom. The molecule has 2 heterocycles. The summed E-state index contributed by atoms with van der Waals surface area (Å²) >= 11 is 1.97. The average molecular weight is 422 g/mol. The van der Waals surface area contributed by atoms with Crippen molar-refractivity contribution in [1.82, 2.24) is 4.90 Å². The van der Waals surface area contributed by atoms with Crippen LogP contribution in [0.2, 0.25) is 0 Å². The van der Waals surface area contributed by atoms with Crippen LogP contribution in [0.25, 0.3) is 5.57 Å². The number of hydrogen-bond donors (Lipinski definition) is 1. The number of piperidine rings is 1. The molecule has 4 heteroatoms. The van der Waals surface area contributed by atoms with E-state index in [0.717, 1.165) is 44.5 Å². The van der Waals surface area contributed by atoms with Gasteiger partial charge in [-0.1, -0.05) is 54.1 Å². The van der Waals surface area contributed by atoms with E-state index in [4.69, 9.17) is 0 Å². The number of hydrogen-bond acceptors (Lipinski definition) is 3. The van der Waals surface area contributed by atoms with Crippen LogP contribution in [0.1, 0.15) is 48.3 Å². The highest BCUT2D eigenvalue weighted by atomic mass is 32.2. The van der Waals surface area contributed by atoms with Crippen molar-refractivity contribution in [3.63, 3.8) is 0 Å². The van der Waals surface area contributed by atoms with Gasteiger partial charge < -0.3 is 10.0 Å². The molecule has 0 radical (unpaired) electrons. The number of carboxylic acids is 1. The number of aryl methyl sites for hydroxylation is 1. The number of nitrogens with zero attached hydrogens (tertiary/aromatic N) is 1. The second kappa shape index (κ2) is 9.84. The van der Waals surface area contributed by atoms with E-state index in [1.54, 1.807) is 0 Å². The third-order valence-corrected chi connectivity index (χ3v) is 7.46. The van der Waals surface area contributed by atoms with Crippen LogP contribution in [-0.2, 0) is 4.79 Å². The Balaban J connectivity index is 1.59. The number of benzene rings is 2. The minimum absolute atomic E-state index is 0.207. The molecule has 0 saturated carbocycles. The standard InChI is InChI=1S/C26H31NO2S/c1-19-11-12-25-24(17-19)23(22(13-16-30-25)20-7-3-2-4-8-20)10-6-15-27-14-5-9-21(18-27)26(28)29/h2-4,7-8,10-12,17,21-22H,5-6,9,13-16,18H2,1H3,(H,28,29)/b23-10-. The topological polar surface area (TPSA) is 40.5 Å². The highest BCUT2D eigenvalue weighted by molar-refractivity contribution is 7.99. The molecule has 2 aromatic rings. The summed E-state index contributed by atoms with van der Waals surface area (Å²) in [6, 6.07) is 17.7. The zero-order valence-corrected chi connectivity index (χ0v) is 18.5. The number of likely N-dealkylation sites (tertiary alicyclic amines) is 1. The van der Waals surface area contributed by atoms with Gasteiger partial charge in [-0.3, -0.25) is 4.79 Å². The second-order valence-corrected chi connectivity index (χ2v) is 9.66. The molecule has 1 saturated heterocycles. The van der Waals surface area contributed by atoms with Crippen molar-refractivity contribution in [2.24, 2.45) is 5.92 Å². The van der Waals surface area contributed by atoms with Crippen LogP contribution in [-0.4, -0.2) is 41.4 Å². The molecule has 1 N–H and O–H groups in total. The largest absolute Gasteiger partial charge is 0.481 e. The molecule has 4 rings (SSSR count). The summed E-state index contributed by atoms with van der Waals surface area (Å²) in [5, 5.41) is 9.37. The lowest BCUT2D eigenvalue weighted by molar-refractivity contribution is -0.143. The van der Waals surface area contributed by atoms with Gasteiger partial charge in [0.1, 0.15) is 0 Å². The van der Waals surface area contributed by atoms with Gasteiger partial charge in [0, 0.05) is 23.9 Å². The average Bonchev–Trinajstić information content (AvgIpc) is 2.94. The maximum atomic E-state index is 11.4. The molecular weight excluding hydrogens is 390 g/mol. The number of thioether (sulfide) groups is 1. The molecule has 0 aromatic heterocycles. The number of fused-ring (bicyclic) bond motifs is 1. The first-order chi connectivity index (χ1) is 14.6. The van der Waals surface area contributed by atoms with E-state index in [1.165, 1.54) is 27.2 Å². The van der Waals surface area contributed by atoms with E-state index in [9.17, 15) is 9.90 Å². The Bertz CT molecular complexity index is 909. The van der Waals surface area contributed by atoms with Gasteiger partial charge in [0.15, 0.2) is 0 Å². The molecule has 0 spiro atoms. The molecule has 3 nitrogen and oxygen atoms in total. The smallest absolute Gasteiger partial charge is 0.307 e. The van der Waals surface area contributed by atoms with Crippen molar-refractivity contribution >= 4 is 23.3 Å². The first kappa shape index (κ1) is 21.2. The molecule has 2 aliphatic heterocycles. The van der Waals surface area contributed by atoms with Crippen molar-refractivity contribution in [2.75, 3.05) is 25.4 Å². The van der Waals surface area contributed by atoms with Gasteiger partial charge >= 0.3 is 5.97 Å². The highest BCUT2D eigenvalue weighted by Crippen LogP contribution is 2.44. The summed E-state index contributed by atoms with van der Waals surface area (Å²) in [5.41, 5.74) is 5.52. The van der Waals surface area contributed by atoms with Crippen LogP contribution in [0.4, 0.5) is 0 Å². The number of carboxylic acid groups (broad SMARTS) is 1. The molecule has 2 atom stereocenters. The predicted octanol–water partition coefficient (Wildman–Crippen LogP) is 5.84. The summed E-state index contributed by atoms with van der Waals surface area (Å²) in [4.78, 5) is 15.1. The maximum Gasteiger partial charge on any atom is 0.307 e. The molecular formula is C26H31NO2S. The molecule has 0 amide bonds. The Kier molecular flexibility index (Phi) is 6.96. The van der Waals surface area contributed by atoms with E-state index in [1.807, 2.05) is 11.8 Å². The predicted molar refractivity (Wildman–Crippen MR) is 125 cm³/mol. The van der Waals surface area contributed by atoms with Crippen LogP contribution in [0, 0.1) is 12.8 Å². The summed E-state index contributed by atoms with van der Waals surface area (Å²) < 4.78 is 0. The third kappa shape index (κ3) is 4.98. The van der Waals surface area contributed by atoms with Crippen molar-refractivity contribution in [3.8, 4) is 0 Å². The van der Waals surface area contributed by atoms with Gasteiger partial charge in [0.05, 0.1) is 5.92 Å². The molecule has 2 unspecified atom stereocenters. The van der Waals surface area contributed by atoms with Gasteiger partial charge in [-0.15, -0.1) is 11.8 Å². The van der Waals surface area contributed by atoms with Crippen molar-refractivity contribution in [3.05, 3.63) is 71.3 Å². The van der Waals surface area contributed by atoms with Crippen molar-refractivity contribution in [1.29, 1.82) is 0 Å². The zero-order valence-electron chi connectivity index (χ0n) is 17.7. The second-order valence-electron chi connectivity index (χ2n) is 8.53. The Labute approximate surface area is 184 Å². The van der Waals surface area contributed by atoms with E-state index in [-0.39, 0.29) is 5.92 Å². The molecule has 0 bridgehead atoms. The van der Waals surface area contributed by atoms with Gasteiger partial charge in [-0.2, -0.15) is 0 Å². The monoisotopic (exact) mass is 421 g/mol. The van der Waals surface area contributed by atoms with Gasteiger partial charge in [-0.25, -0.2) is 0 Å². The normalized spacial score (nSPS) is 23.7. The Morgan fingerprint density at radius 2 is 2.03 bits per heavy atom. The van der Waals surface area contributed by atoms with Crippen LogP contribution >= 0.6 is 11.8 Å². The first-order valence-corrected chi connectivity index (χ1v) is 12.0. The fourth-order valence-electron chi connectivity index (χ4n) is 4.77. The van der Waals surface area contributed by atoms with E-state index in [2.05, 4.69) is 66.4 Å². The molecule has 158 valence electrons. The number of aliphatic carboxylic acids is 1. The summed E-state index contributed by atoms with van der Waals surface area (Å²) in [6.45, 7) is 4.81. The summed E-state index contributed by atoms with van der Waals surface area (Å²) in [5.74, 6) is 0.683. The van der Waals surface area contributed by atoms with Crippen LogP contribution in [0.5, 0.6) is 0 Å². The number of carbonyl (C=O) groups is 1. The third-order valence-electron chi connectivity index (χ3n) is 6.35. The lowest BCUT2D eigenvalue weighted by Gasteiger charge is -2.30. The number of rotatable bonds is 5. The van der Waals surface area contributed by atoms with Gasteiger partial charge in [-0.05, 0) is 67.7 Å². The van der Waals surface area contributed by atoms with Crippen molar-refractivity contribution in [2.45, 2.75) is 43.4 Å². The SMILES string of the molecule is Cc1ccc2c(c1)/C(=C\CCN1CCCC(C(=O)O)C1)C(c1ccccc1)CCS2.